The van der Waals surface area contributed by atoms with E-state index < -0.39 is 0 Å². The van der Waals surface area contributed by atoms with Gasteiger partial charge in [0, 0.05) is 12.1 Å². The quantitative estimate of drug-likeness (QED) is 0.666. The van der Waals surface area contributed by atoms with Gasteiger partial charge in [-0.1, -0.05) is 11.6 Å². The van der Waals surface area contributed by atoms with Gasteiger partial charge < -0.3 is 5.32 Å². The van der Waals surface area contributed by atoms with Crippen LogP contribution in [0.3, 0.4) is 0 Å². The fourth-order valence-electron chi connectivity index (χ4n) is 3.09. The molecule has 2 heterocycles. The van der Waals surface area contributed by atoms with Crippen molar-refractivity contribution in [2.24, 2.45) is 0 Å². The van der Waals surface area contributed by atoms with Gasteiger partial charge in [0.15, 0.2) is 5.15 Å². The number of hydrogen-bond acceptors (Lipinski definition) is 3. The Bertz CT molecular complexity index is 494. The summed E-state index contributed by atoms with van der Waals surface area (Å²) in [5, 5.41) is 12.4. The van der Waals surface area contributed by atoms with Crippen molar-refractivity contribution in [2.45, 2.75) is 44.6 Å². The number of halogens is 1. The summed E-state index contributed by atoms with van der Waals surface area (Å²) in [4.78, 5) is 0. The predicted molar refractivity (Wildman–Crippen MR) is 76.6 cm³/mol. The molecule has 19 heavy (non-hydrogen) atoms. The maximum absolute atomic E-state index is 6.18. The largest absolute Gasteiger partial charge is 0.354 e. The standard InChI is InChI=1S/C14H20ClN4/c1-19(10-5-4-8-16-9-10)14-12-7-3-2-6-11(12)13(15)17-18-14/h10,16H,1-9H2/q+1/t10-/m1/s1. The molecule has 4 nitrogen and oxygen atoms in total. The van der Waals surface area contributed by atoms with E-state index in [1.54, 1.807) is 0 Å². The van der Waals surface area contributed by atoms with E-state index in [1.165, 1.54) is 30.4 Å². The lowest BCUT2D eigenvalue weighted by Gasteiger charge is -2.23. The Labute approximate surface area is 118 Å². The average Bonchev–Trinajstić information content (AvgIpc) is 2.48. The van der Waals surface area contributed by atoms with Crippen LogP contribution in [0.5, 0.6) is 0 Å². The van der Waals surface area contributed by atoms with Gasteiger partial charge in [-0.05, 0) is 50.2 Å². The zero-order valence-electron chi connectivity index (χ0n) is 11.2. The number of piperidine rings is 1. The molecule has 102 valence electrons. The first kappa shape index (κ1) is 13.0. The molecule has 0 spiro atoms. The highest BCUT2D eigenvalue weighted by Crippen LogP contribution is 2.32. The zero-order chi connectivity index (χ0) is 13.2. The van der Waals surface area contributed by atoms with Crippen molar-refractivity contribution >= 4 is 24.1 Å². The average molecular weight is 280 g/mol. The van der Waals surface area contributed by atoms with E-state index in [4.69, 9.17) is 11.6 Å². The molecule has 1 aromatic heterocycles. The summed E-state index contributed by atoms with van der Waals surface area (Å²) >= 11 is 6.18. The summed E-state index contributed by atoms with van der Waals surface area (Å²) in [5.41, 5.74) is 2.46. The van der Waals surface area contributed by atoms with Gasteiger partial charge in [-0.2, -0.15) is 0 Å². The topological polar surface area (TPSA) is 40.8 Å². The first-order valence-electron chi connectivity index (χ1n) is 7.11. The molecule has 0 aromatic carbocycles. The summed E-state index contributed by atoms with van der Waals surface area (Å²) in [6, 6.07) is 0.412. The van der Waals surface area contributed by atoms with E-state index in [1.807, 2.05) is 0 Å². The molecule has 0 radical (unpaired) electrons. The molecule has 2 aliphatic rings. The third-order valence-electron chi connectivity index (χ3n) is 4.20. The molecule has 0 amide bonds. The molecule has 1 N–H and O–H groups in total. The minimum atomic E-state index is 0.412. The fourth-order valence-corrected chi connectivity index (χ4v) is 3.34. The van der Waals surface area contributed by atoms with Crippen LogP contribution in [0.25, 0.3) is 0 Å². The Hall–Kier alpha value is -1.00. The molecule has 0 saturated carbocycles. The van der Waals surface area contributed by atoms with Gasteiger partial charge in [-0.15, -0.1) is 0 Å². The molecule has 1 atom stereocenters. The van der Waals surface area contributed by atoms with E-state index in [-0.39, 0.29) is 0 Å². The van der Waals surface area contributed by atoms with Gasteiger partial charge in [-0.3, -0.25) is 0 Å². The Balaban J connectivity index is 1.93. The molecule has 1 aliphatic heterocycles. The Morgan fingerprint density at radius 3 is 2.68 bits per heavy atom. The van der Waals surface area contributed by atoms with Crippen LogP contribution in [0, 0.1) is 0 Å². The highest BCUT2D eigenvalue weighted by molar-refractivity contribution is 6.30. The first-order chi connectivity index (χ1) is 9.27. The van der Waals surface area contributed by atoms with Crippen molar-refractivity contribution in [1.29, 1.82) is 0 Å². The number of aromatic nitrogens is 2. The first-order valence-corrected chi connectivity index (χ1v) is 7.49. The second-order valence-electron chi connectivity index (χ2n) is 5.45. The van der Waals surface area contributed by atoms with Crippen molar-refractivity contribution < 1.29 is 4.58 Å². The minimum absolute atomic E-state index is 0.412. The molecule has 5 heteroatoms. The van der Waals surface area contributed by atoms with Crippen LogP contribution < -0.4 is 5.32 Å². The second-order valence-corrected chi connectivity index (χ2v) is 5.81. The third-order valence-corrected chi connectivity index (χ3v) is 4.51. The number of fused-ring (bicyclic) bond motifs is 1. The second kappa shape index (κ2) is 5.55. The van der Waals surface area contributed by atoms with E-state index >= 15 is 0 Å². The van der Waals surface area contributed by atoms with Crippen molar-refractivity contribution in [3.63, 3.8) is 0 Å². The SMILES string of the molecule is C=[N+](c1nnc(Cl)c2c1CCCC2)[C@@H]1CCCNC1. The van der Waals surface area contributed by atoms with Gasteiger partial charge in [0.25, 0.3) is 0 Å². The third kappa shape index (κ3) is 2.51. The summed E-state index contributed by atoms with van der Waals surface area (Å²) < 4.78 is 2.06. The smallest absolute Gasteiger partial charge is 0.313 e. The lowest BCUT2D eigenvalue weighted by atomic mass is 9.93. The van der Waals surface area contributed by atoms with E-state index in [2.05, 4.69) is 26.8 Å². The van der Waals surface area contributed by atoms with Crippen LogP contribution in [0.1, 0.15) is 36.8 Å². The highest BCUT2D eigenvalue weighted by atomic mass is 35.5. The summed E-state index contributed by atoms with van der Waals surface area (Å²) in [5.74, 6) is 0.938. The highest BCUT2D eigenvalue weighted by Gasteiger charge is 2.30. The van der Waals surface area contributed by atoms with E-state index in [0.29, 0.717) is 11.2 Å². The summed E-state index contributed by atoms with van der Waals surface area (Å²) in [7, 11) is 0. The Kier molecular flexibility index (Phi) is 3.80. The van der Waals surface area contributed by atoms with Gasteiger partial charge >= 0.3 is 5.82 Å². The van der Waals surface area contributed by atoms with Crippen molar-refractivity contribution in [1.82, 2.24) is 15.5 Å². The lowest BCUT2D eigenvalue weighted by molar-refractivity contribution is -0.482. The monoisotopic (exact) mass is 279 g/mol. The minimum Gasteiger partial charge on any atom is -0.313 e. The number of rotatable bonds is 2. The fraction of sp³-hybridized carbons (Fsp3) is 0.643. The zero-order valence-corrected chi connectivity index (χ0v) is 11.9. The number of nitrogens with one attached hydrogen (secondary N) is 1. The van der Waals surface area contributed by atoms with Crippen LogP contribution in [0.2, 0.25) is 5.15 Å². The normalized spacial score (nSPS) is 22.9. The van der Waals surface area contributed by atoms with Gasteiger partial charge in [0.1, 0.15) is 6.04 Å². The number of nitrogens with zero attached hydrogens (tertiary/aromatic N) is 3. The van der Waals surface area contributed by atoms with Crippen LogP contribution in [0.4, 0.5) is 5.82 Å². The molecule has 0 unspecified atom stereocenters. The van der Waals surface area contributed by atoms with Crippen LogP contribution in [-0.4, -0.2) is 40.6 Å². The molecule has 1 saturated heterocycles. The molecule has 1 aromatic rings. The van der Waals surface area contributed by atoms with Crippen molar-refractivity contribution in [2.75, 3.05) is 13.1 Å². The van der Waals surface area contributed by atoms with Crippen molar-refractivity contribution in [3.8, 4) is 0 Å². The maximum atomic E-state index is 6.18. The predicted octanol–water partition coefficient (Wildman–Crippen LogP) is 2.11. The molecular weight excluding hydrogens is 260 g/mol. The van der Waals surface area contributed by atoms with Gasteiger partial charge in [-0.25, -0.2) is 4.58 Å². The van der Waals surface area contributed by atoms with Gasteiger partial charge in [0.2, 0.25) is 0 Å². The van der Waals surface area contributed by atoms with Crippen LogP contribution in [-0.2, 0) is 12.8 Å². The molecule has 3 rings (SSSR count). The maximum Gasteiger partial charge on any atom is 0.354 e. The van der Waals surface area contributed by atoms with Crippen LogP contribution in [0.15, 0.2) is 0 Å². The Morgan fingerprint density at radius 1 is 1.16 bits per heavy atom. The van der Waals surface area contributed by atoms with Gasteiger partial charge in [0.05, 0.1) is 17.4 Å². The molecule has 1 aliphatic carbocycles. The number of hydrogen-bond donors (Lipinski definition) is 1. The Morgan fingerprint density at radius 2 is 1.95 bits per heavy atom. The summed E-state index contributed by atoms with van der Waals surface area (Å²) in [6.45, 7) is 6.30. The van der Waals surface area contributed by atoms with Crippen molar-refractivity contribution in [3.05, 3.63) is 16.3 Å². The lowest BCUT2D eigenvalue weighted by Crippen LogP contribution is -2.39. The molecule has 0 bridgehead atoms. The summed E-state index contributed by atoms with van der Waals surface area (Å²) in [6.07, 6.45) is 6.83. The van der Waals surface area contributed by atoms with E-state index in [0.717, 1.165) is 38.2 Å². The van der Waals surface area contributed by atoms with E-state index in [9.17, 15) is 0 Å². The van der Waals surface area contributed by atoms with Crippen LogP contribution >= 0.6 is 11.6 Å². The molecular formula is C14H20ClN4+. The molecule has 1 fully saturated rings.